The van der Waals surface area contributed by atoms with Crippen LogP contribution < -0.4 is 11.1 Å². The maximum atomic E-state index is 11.4. The van der Waals surface area contributed by atoms with E-state index in [0.717, 1.165) is 25.7 Å². The minimum absolute atomic E-state index is 0.229. The van der Waals surface area contributed by atoms with Crippen LogP contribution in [0.3, 0.4) is 0 Å². The van der Waals surface area contributed by atoms with E-state index in [0.29, 0.717) is 34.5 Å². The molecule has 7 nitrogen and oxygen atoms in total. The van der Waals surface area contributed by atoms with Crippen molar-refractivity contribution in [2.75, 3.05) is 11.6 Å². The molecule has 2 rings (SSSR count). The highest BCUT2D eigenvalue weighted by molar-refractivity contribution is 7.84. The van der Waals surface area contributed by atoms with Gasteiger partial charge < -0.3 is 11.1 Å². The van der Waals surface area contributed by atoms with Gasteiger partial charge in [-0.25, -0.2) is 4.98 Å². The van der Waals surface area contributed by atoms with Crippen LogP contribution in [-0.4, -0.2) is 32.7 Å². The van der Waals surface area contributed by atoms with Crippen molar-refractivity contribution >= 4 is 40.5 Å². The second-order valence-electron chi connectivity index (χ2n) is 6.46. The lowest BCUT2D eigenvalue weighted by molar-refractivity contribution is -0.118. The summed E-state index contributed by atoms with van der Waals surface area (Å²) in [7, 11) is -1.05. The molecule has 9 heteroatoms. The number of hydrogen-bond donors (Lipinski definition) is 2. The number of carbonyl (C=O) groups is 2. The second-order valence-corrected chi connectivity index (χ2v) is 8.22. The highest BCUT2D eigenvalue weighted by atomic mass is 35.5. The zero-order valence-electron chi connectivity index (χ0n) is 16.6. The molecule has 0 aliphatic carbocycles. The third-order valence-electron chi connectivity index (χ3n) is 4.16. The van der Waals surface area contributed by atoms with E-state index >= 15 is 0 Å². The molecule has 0 saturated heterocycles. The van der Waals surface area contributed by atoms with E-state index in [4.69, 9.17) is 17.3 Å². The fourth-order valence-corrected chi connectivity index (χ4v) is 3.69. The molecule has 2 amide bonds. The van der Waals surface area contributed by atoms with Crippen LogP contribution in [0, 0.1) is 0 Å². The van der Waals surface area contributed by atoms with Crippen LogP contribution in [0.5, 0.6) is 0 Å². The molecule has 0 spiro atoms. The first kappa shape index (κ1) is 24.7. The summed E-state index contributed by atoms with van der Waals surface area (Å²) in [5, 5.41) is 2.93. The number of unbranched alkanes of at least 4 members (excludes halogenated alkanes) is 2. The number of primary amides is 1. The van der Waals surface area contributed by atoms with Gasteiger partial charge in [0.05, 0.1) is 26.9 Å². The van der Waals surface area contributed by atoms with Gasteiger partial charge >= 0.3 is 0 Å². The largest absolute Gasteiger partial charge is 0.370 e. The Balaban J connectivity index is 0.000000387. The Kier molecular flexibility index (Phi) is 11.8. The van der Waals surface area contributed by atoms with E-state index in [1.165, 1.54) is 24.2 Å². The summed E-state index contributed by atoms with van der Waals surface area (Å²) >= 11 is 6.14. The quantitative estimate of drug-likeness (QED) is 0.433. The maximum absolute atomic E-state index is 11.4. The first-order valence-electron chi connectivity index (χ1n) is 9.22. The summed E-state index contributed by atoms with van der Waals surface area (Å²) in [6.07, 6.45) is 11.1. The Morgan fingerprint density at radius 2 is 2.07 bits per heavy atom. The van der Waals surface area contributed by atoms with Gasteiger partial charge in [-0.3, -0.25) is 18.8 Å². The SMILES string of the molecule is CC(CCCCCC(N)=O)c1ccc(S(C)=O)c(Cl)c1.O=CNc1cnccn1. The van der Waals surface area contributed by atoms with Gasteiger partial charge in [0.25, 0.3) is 0 Å². The number of halogens is 1. The Bertz CT molecular complexity index is 806. The topological polar surface area (TPSA) is 115 Å². The molecule has 0 saturated carbocycles. The fourth-order valence-electron chi connectivity index (χ4n) is 2.58. The number of anilines is 1. The van der Waals surface area contributed by atoms with Crippen molar-refractivity contribution in [2.24, 2.45) is 5.73 Å². The average molecular weight is 439 g/mol. The van der Waals surface area contributed by atoms with Crippen molar-refractivity contribution in [1.82, 2.24) is 9.97 Å². The van der Waals surface area contributed by atoms with Crippen molar-refractivity contribution in [2.45, 2.75) is 49.8 Å². The van der Waals surface area contributed by atoms with Gasteiger partial charge in [0, 0.05) is 25.1 Å². The van der Waals surface area contributed by atoms with Crippen molar-refractivity contribution in [1.29, 1.82) is 0 Å². The Morgan fingerprint density at radius 1 is 1.31 bits per heavy atom. The van der Waals surface area contributed by atoms with Crippen LogP contribution in [0.15, 0.2) is 41.7 Å². The summed E-state index contributed by atoms with van der Waals surface area (Å²) in [6.45, 7) is 2.16. The van der Waals surface area contributed by atoms with E-state index in [9.17, 15) is 13.8 Å². The molecule has 158 valence electrons. The Labute approximate surface area is 178 Å². The van der Waals surface area contributed by atoms with Crippen LogP contribution in [0.2, 0.25) is 5.02 Å². The molecular weight excluding hydrogens is 412 g/mol. The lowest BCUT2D eigenvalue weighted by atomic mass is 9.95. The number of rotatable bonds is 10. The van der Waals surface area contributed by atoms with Crippen molar-refractivity contribution < 1.29 is 13.8 Å². The fraction of sp³-hybridized carbons (Fsp3) is 0.400. The van der Waals surface area contributed by atoms with Crippen LogP contribution in [-0.2, 0) is 20.4 Å². The summed E-state index contributed by atoms with van der Waals surface area (Å²) in [5.41, 5.74) is 6.27. The minimum Gasteiger partial charge on any atom is -0.370 e. The standard InChI is InChI=1S/C15H22ClNO2S.C5H5N3O/c1-11(6-4-3-5-7-15(17)18)12-8-9-14(20(2)19)13(16)10-12;9-4-8-5-3-6-1-2-7-5/h8-11H,3-7H2,1-2H3,(H2,17,18);1-4H,(H,7,8,9). The normalized spacial score (nSPS) is 12.2. The third kappa shape index (κ3) is 10.1. The highest BCUT2D eigenvalue weighted by Crippen LogP contribution is 2.27. The molecule has 0 radical (unpaired) electrons. The number of nitrogens with two attached hydrogens (primary N) is 1. The number of nitrogens with one attached hydrogen (secondary N) is 1. The molecule has 2 atom stereocenters. The van der Waals surface area contributed by atoms with Gasteiger partial charge in [0.2, 0.25) is 12.3 Å². The van der Waals surface area contributed by atoms with Gasteiger partial charge in [0.15, 0.2) is 5.82 Å². The number of aromatic nitrogens is 2. The molecule has 0 fully saturated rings. The molecular formula is C20H27ClN4O3S. The summed E-state index contributed by atoms with van der Waals surface area (Å²) in [5.74, 6) is 0.640. The van der Waals surface area contributed by atoms with Crippen LogP contribution in [0.4, 0.5) is 5.82 Å². The zero-order valence-corrected chi connectivity index (χ0v) is 18.2. The maximum Gasteiger partial charge on any atom is 0.217 e. The Morgan fingerprint density at radius 3 is 2.62 bits per heavy atom. The predicted molar refractivity (Wildman–Crippen MR) is 116 cm³/mol. The third-order valence-corrected chi connectivity index (χ3v) is 5.57. The number of amides is 2. The second kappa shape index (κ2) is 13.8. The van der Waals surface area contributed by atoms with Gasteiger partial charge in [-0.2, -0.15) is 0 Å². The van der Waals surface area contributed by atoms with E-state index in [2.05, 4.69) is 22.2 Å². The van der Waals surface area contributed by atoms with Crippen molar-refractivity contribution in [3.8, 4) is 0 Å². The highest BCUT2D eigenvalue weighted by Gasteiger charge is 2.10. The molecule has 0 aliphatic heterocycles. The van der Waals surface area contributed by atoms with E-state index in [1.807, 2.05) is 18.2 Å². The molecule has 2 aromatic rings. The number of nitrogens with zero attached hydrogens (tertiary/aromatic N) is 2. The monoisotopic (exact) mass is 438 g/mol. The molecule has 0 aliphatic rings. The summed E-state index contributed by atoms with van der Waals surface area (Å²) in [6, 6.07) is 5.75. The minimum atomic E-state index is -1.05. The van der Waals surface area contributed by atoms with Gasteiger partial charge in [0.1, 0.15) is 0 Å². The molecule has 1 aromatic heterocycles. The zero-order chi connectivity index (χ0) is 21.6. The van der Waals surface area contributed by atoms with E-state index in [1.54, 1.807) is 6.26 Å². The molecule has 1 aromatic carbocycles. The first-order chi connectivity index (χ1) is 13.8. The Hall–Kier alpha value is -2.32. The average Bonchev–Trinajstić information content (AvgIpc) is 2.68. The van der Waals surface area contributed by atoms with E-state index < -0.39 is 10.8 Å². The van der Waals surface area contributed by atoms with Gasteiger partial charge in [-0.15, -0.1) is 0 Å². The van der Waals surface area contributed by atoms with Crippen LogP contribution in [0.1, 0.15) is 50.5 Å². The van der Waals surface area contributed by atoms with Crippen LogP contribution in [0.25, 0.3) is 0 Å². The van der Waals surface area contributed by atoms with Gasteiger partial charge in [-0.1, -0.05) is 37.4 Å². The summed E-state index contributed by atoms with van der Waals surface area (Å²) < 4.78 is 11.4. The smallest absolute Gasteiger partial charge is 0.217 e. The predicted octanol–water partition coefficient (Wildman–Crippen LogP) is 3.66. The number of carbonyl (C=O) groups excluding carboxylic acids is 2. The summed E-state index contributed by atoms with van der Waals surface area (Å²) in [4.78, 5) is 28.6. The van der Waals surface area contributed by atoms with Crippen LogP contribution >= 0.6 is 11.6 Å². The van der Waals surface area contributed by atoms with Crippen molar-refractivity contribution in [3.63, 3.8) is 0 Å². The molecule has 1 heterocycles. The van der Waals surface area contributed by atoms with Gasteiger partial charge in [-0.05, 0) is 36.5 Å². The number of hydrogen-bond acceptors (Lipinski definition) is 5. The first-order valence-corrected chi connectivity index (χ1v) is 11.2. The number of benzene rings is 1. The molecule has 29 heavy (non-hydrogen) atoms. The lowest BCUT2D eigenvalue weighted by Crippen LogP contribution is -2.09. The van der Waals surface area contributed by atoms with Crippen molar-refractivity contribution in [3.05, 3.63) is 47.4 Å². The lowest BCUT2D eigenvalue weighted by Gasteiger charge is -2.13. The van der Waals surface area contributed by atoms with E-state index in [-0.39, 0.29) is 5.91 Å². The molecule has 3 N–H and O–H groups in total. The molecule has 0 bridgehead atoms. The molecule has 2 unspecified atom stereocenters.